The second kappa shape index (κ2) is 3.02. The van der Waals surface area contributed by atoms with Gasteiger partial charge in [0.15, 0.2) is 5.65 Å². The Morgan fingerprint density at radius 1 is 1.50 bits per heavy atom. The van der Waals surface area contributed by atoms with E-state index in [9.17, 15) is 4.79 Å². The molecule has 7 nitrogen and oxygen atoms in total. The molecule has 0 radical (unpaired) electrons. The van der Waals surface area contributed by atoms with Crippen molar-refractivity contribution >= 4 is 17.2 Å². The first-order valence-corrected chi connectivity index (χ1v) is 4.63. The van der Waals surface area contributed by atoms with Gasteiger partial charge in [-0.05, 0) is 0 Å². The summed E-state index contributed by atoms with van der Waals surface area (Å²) in [4.78, 5) is 15.2. The van der Waals surface area contributed by atoms with Crippen LogP contribution in [0.15, 0.2) is 18.6 Å². The molecule has 7 heteroatoms. The molecule has 2 aromatic heterocycles. The smallest absolute Gasteiger partial charge is 0.339 e. The highest BCUT2D eigenvalue weighted by molar-refractivity contribution is 6.15. The molecule has 0 aromatic carbocycles. The predicted octanol–water partition coefficient (Wildman–Crippen LogP) is -0.347. The topological polar surface area (TPSA) is 92.4 Å². The summed E-state index contributed by atoms with van der Waals surface area (Å²) in [5, 5.41) is 19.5. The number of nitrogens with zero attached hydrogens (tertiary/aromatic N) is 4. The van der Waals surface area contributed by atoms with E-state index in [2.05, 4.69) is 20.6 Å². The van der Waals surface area contributed by atoms with E-state index in [1.54, 1.807) is 6.20 Å². The Morgan fingerprint density at radius 2 is 2.38 bits per heavy atom. The second-order valence-corrected chi connectivity index (χ2v) is 3.38. The third-order valence-electron chi connectivity index (χ3n) is 2.42. The van der Waals surface area contributed by atoms with Crippen molar-refractivity contribution in [3.63, 3.8) is 0 Å². The van der Waals surface area contributed by atoms with Crippen molar-refractivity contribution in [2.75, 3.05) is 0 Å². The largest absolute Gasteiger partial charge is 0.478 e. The van der Waals surface area contributed by atoms with E-state index in [-0.39, 0.29) is 5.57 Å². The van der Waals surface area contributed by atoms with Crippen LogP contribution >= 0.6 is 0 Å². The van der Waals surface area contributed by atoms with Gasteiger partial charge in [0.1, 0.15) is 5.57 Å². The Labute approximate surface area is 89.4 Å². The first-order valence-electron chi connectivity index (χ1n) is 4.63. The number of nitrogens with one attached hydrogen (secondary N) is 1. The van der Waals surface area contributed by atoms with Crippen molar-refractivity contribution in [2.24, 2.45) is 0 Å². The summed E-state index contributed by atoms with van der Waals surface area (Å²) in [6, 6.07) is 0. The van der Waals surface area contributed by atoms with E-state index in [0.717, 1.165) is 5.56 Å². The molecule has 0 unspecified atom stereocenters. The molecule has 0 aliphatic carbocycles. The molecule has 80 valence electrons. The second-order valence-electron chi connectivity index (χ2n) is 3.38. The number of carbonyl (C=O) groups is 1. The third-order valence-corrected chi connectivity index (χ3v) is 2.42. The van der Waals surface area contributed by atoms with Crippen LogP contribution in [0.1, 0.15) is 11.3 Å². The van der Waals surface area contributed by atoms with Gasteiger partial charge in [0.25, 0.3) is 0 Å². The Bertz CT molecular complexity index is 615. The van der Waals surface area contributed by atoms with E-state index in [1.807, 2.05) is 0 Å². The fourth-order valence-electron chi connectivity index (χ4n) is 1.73. The van der Waals surface area contributed by atoms with Gasteiger partial charge in [-0.25, -0.2) is 9.78 Å². The molecular weight excluding hydrogens is 210 g/mol. The van der Waals surface area contributed by atoms with Crippen LogP contribution in [-0.2, 0) is 11.3 Å². The van der Waals surface area contributed by atoms with Crippen molar-refractivity contribution in [1.82, 2.24) is 25.1 Å². The Balaban J connectivity index is 2.37. The molecule has 0 bridgehead atoms. The van der Waals surface area contributed by atoms with E-state index < -0.39 is 5.97 Å². The monoisotopic (exact) mass is 217 g/mol. The first-order chi connectivity index (χ1) is 7.77. The molecule has 0 saturated carbocycles. The number of fused-ring (bicyclic) bond motifs is 3. The Hall–Kier alpha value is -2.44. The van der Waals surface area contributed by atoms with Crippen LogP contribution in [0, 0.1) is 0 Å². The lowest BCUT2D eigenvalue weighted by Crippen LogP contribution is -2.21. The number of hydrogen-bond donors (Lipinski definition) is 2. The SMILES string of the molecule is O=C(O)C1=CNCc2cnc3cnnn3c21. The lowest BCUT2D eigenvalue weighted by Gasteiger charge is -2.16. The lowest BCUT2D eigenvalue weighted by molar-refractivity contribution is -0.130. The highest BCUT2D eigenvalue weighted by Gasteiger charge is 2.22. The van der Waals surface area contributed by atoms with Crippen LogP contribution in [0.4, 0.5) is 0 Å². The number of aliphatic carboxylic acids is 1. The van der Waals surface area contributed by atoms with E-state index in [0.29, 0.717) is 17.9 Å². The fraction of sp³-hybridized carbons (Fsp3) is 0.111. The zero-order valence-electron chi connectivity index (χ0n) is 8.08. The van der Waals surface area contributed by atoms with Gasteiger partial charge < -0.3 is 10.4 Å². The van der Waals surface area contributed by atoms with Crippen molar-refractivity contribution in [3.8, 4) is 0 Å². The Kier molecular flexibility index (Phi) is 1.67. The molecule has 2 N–H and O–H groups in total. The summed E-state index contributed by atoms with van der Waals surface area (Å²) >= 11 is 0. The van der Waals surface area contributed by atoms with Gasteiger partial charge in [-0.3, -0.25) is 0 Å². The number of carboxylic acids is 1. The minimum atomic E-state index is -1.00. The van der Waals surface area contributed by atoms with Crippen molar-refractivity contribution in [2.45, 2.75) is 6.54 Å². The first kappa shape index (κ1) is 8.84. The molecular formula is C9H7N5O2. The summed E-state index contributed by atoms with van der Waals surface area (Å²) in [6.45, 7) is 0.537. The summed E-state index contributed by atoms with van der Waals surface area (Å²) in [5.41, 5.74) is 2.03. The number of carboxylic acid groups (broad SMARTS) is 1. The number of rotatable bonds is 1. The molecule has 1 aliphatic rings. The molecule has 0 saturated heterocycles. The molecule has 0 spiro atoms. The van der Waals surface area contributed by atoms with Crippen LogP contribution in [0.25, 0.3) is 11.2 Å². The Morgan fingerprint density at radius 3 is 3.19 bits per heavy atom. The maximum atomic E-state index is 11.1. The van der Waals surface area contributed by atoms with Gasteiger partial charge in [-0.2, -0.15) is 4.52 Å². The fourth-order valence-corrected chi connectivity index (χ4v) is 1.73. The average molecular weight is 217 g/mol. The van der Waals surface area contributed by atoms with Gasteiger partial charge in [0.2, 0.25) is 0 Å². The van der Waals surface area contributed by atoms with E-state index in [4.69, 9.17) is 5.11 Å². The minimum Gasteiger partial charge on any atom is -0.478 e. The quantitative estimate of drug-likeness (QED) is 0.678. The standard InChI is InChI=1S/C9H7N5O2/c15-9(16)6-3-10-1-5-2-11-7-4-12-13-14(7)8(5)6/h2-4,10H,1H2,(H,15,16). The third kappa shape index (κ3) is 1.08. The maximum Gasteiger partial charge on any atom is 0.339 e. The van der Waals surface area contributed by atoms with Gasteiger partial charge in [0, 0.05) is 24.5 Å². The number of aromatic nitrogens is 4. The van der Waals surface area contributed by atoms with Crippen LogP contribution < -0.4 is 5.32 Å². The molecule has 0 atom stereocenters. The van der Waals surface area contributed by atoms with Crippen molar-refractivity contribution in [1.29, 1.82) is 0 Å². The van der Waals surface area contributed by atoms with Gasteiger partial charge in [-0.1, -0.05) is 5.21 Å². The molecule has 1 aliphatic heterocycles. The minimum absolute atomic E-state index is 0.166. The van der Waals surface area contributed by atoms with Crippen molar-refractivity contribution < 1.29 is 9.90 Å². The summed E-state index contributed by atoms with van der Waals surface area (Å²) in [6.07, 6.45) is 4.59. The molecule has 3 rings (SSSR count). The summed E-state index contributed by atoms with van der Waals surface area (Å²) in [5.74, 6) is -1.00. The average Bonchev–Trinajstić information content (AvgIpc) is 2.76. The molecule has 2 aromatic rings. The lowest BCUT2D eigenvalue weighted by atomic mass is 10.1. The molecule has 0 amide bonds. The zero-order chi connectivity index (χ0) is 11.1. The van der Waals surface area contributed by atoms with Gasteiger partial charge >= 0.3 is 5.97 Å². The maximum absolute atomic E-state index is 11.1. The molecule has 0 fully saturated rings. The van der Waals surface area contributed by atoms with Gasteiger partial charge in [-0.15, -0.1) is 5.10 Å². The molecule has 3 heterocycles. The van der Waals surface area contributed by atoms with E-state index in [1.165, 1.54) is 16.9 Å². The van der Waals surface area contributed by atoms with Crippen molar-refractivity contribution in [3.05, 3.63) is 29.9 Å². The predicted molar refractivity (Wildman–Crippen MR) is 53.2 cm³/mol. The molecule has 16 heavy (non-hydrogen) atoms. The van der Waals surface area contributed by atoms with E-state index >= 15 is 0 Å². The van der Waals surface area contributed by atoms with Gasteiger partial charge in [0.05, 0.1) is 11.9 Å². The van der Waals surface area contributed by atoms with Crippen LogP contribution in [0.3, 0.4) is 0 Å². The normalized spacial score (nSPS) is 14.1. The highest BCUT2D eigenvalue weighted by Crippen LogP contribution is 2.22. The highest BCUT2D eigenvalue weighted by atomic mass is 16.4. The summed E-state index contributed by atoms with van der Waals surface area (Å²) < 4.78 is 1.44. The zero-order valence-corrected chi connectivity index (χ0v) is 8.08. The summed E-state index contributed by atoms with van der Waals surface area (Å²) in [7, 11) is 0. The van der Waals surface area contributed by atoms with Crippen LogP contribution in [0.2, 0.25) is 0 Å². The number of hydrogen-bond acceptors (Lipinski definition) is 5. The van der Waals surface area contributed by atoms with Crippen LogP contribution in [-0.4, -0.2) is 30.9 Å². The van der Waals surface area contributed by atoms with Crippen LogP contribution in [0.5, 0.6) is 0 Å².